The first-order valence-corrected chi connectivity index (χ1v) is 7.05. The van der Waals surface area contributed by atoms with Crippen molar-refractivity contribution in [2.24, 2.45) is 0 Å². The molecule has 20 heavy (non-hydrogen) atoms. The number of piperazine rings is 1. The second-order valence-electron chi connectivity index (χ2n) is 6.33. The SMILES string of the molecule is CN1CCN(c2ncccc2CNC(C)(C)C)CC1=O. The highest BCUT2D eigenvalue weighted by atomic mass is 16.2. The van der Waals surface area contributed by atoms with Gasteiger partial charge in [-0.15, -0.1) is 0 Å². The Balaban J connectivity index is 2.13. The van der Waals surface area contributed by atoms with Crippen molar-refractivity contribution in [3.05, 3.63) is 23.9 Å². The van der Waals surface area contributed by atoms with Gasteiger partial charge < -0.3 is 15.1 Å². The van der Waals surface area contributed by atoms with E-state index < -0.39 is 0 Å². The number of hydrogen-bond acceptors (Lipinski definition) is 4. The zero-order valence-corrected chi connectivity index (χ0v) is 12.8. The lowest BCUT2D eigenvalue weighted by molar-refractivity contribution is -0.129. The van der Waals surface area contributed by atoms with Gasteiger partial charge in [0, 0.05) is 44.0 Å². The molecule has 0 saturated carbocycles. The van der Waals surface area contributed by atoms with Crippen molar-refractivity contribution in [3.8, 4) is 0 Å². The highest BCUT2D eigenvalue weighted by molar-refractivity contribution is 5.82. The third-order valence-electron chi connectivity index (χ3n) is 3.43. The lowest BCUT2D eigenvalue weighted by Crippen LogP contribution is -2.49. The molecule has 0 atom stereocenters. The summed E-state index contributed by atoms with van der Waals surface area (Å²) >= 11 is 0. The highest BCUT2D eigenvalue weighted by Crippen LogP contribution is 2.19. The fraction of sp³-hybridized carbons (Fsp3) is 0.600. The first kappa shape index (κ1) is 14.8. The molecule has 1 aromatic heterocycles. The average molecular weight is 276 g/mol. The molecule has 110 valence electrons. The number of nitrogens with one attached hydrogen (secondary N) is 1. The van der Waals surface area contributed by atoms with E-state index in [2.05, 4.69) is 42.0 Å². The number of carbonyl (C=O) groups is 1. The summed E-state index contributed by atoms with van der Waals surface area (Å²) in [4.78, 5) is 20.2. The Hall–Kier alpha value is -1.62. The van der Waals surface area contributed by atoms with Crippen LogP contribution in [-0.4, -0.2) is 48.0 Å². The van der Waals surface area contributed by atoms with Gasteiger partial charge in [-0.25, -0.2) is 4.98 Å². The van der Waals surface area contributed by atoms with E-state index in [1.807, 2.05) is 13.1 Å². The van der Waals surface area contributed by atoms with Crippen LogP contribution in [-0.2, 0) is 11.3 Å². The van der Waals surface area contributed by atoms with E-state index in [0.717, 1.165) is 31.0 Å². The molecule has 0 unspecified atom stereocenters. The second-order valence-corrected chi connectivity index (χ2v) is 6.33. The van der Waals surface area contributed by atoms with Crippen LogP contribution in [0.2, 0.25) is 0 Å². The largest absolute Gasteiger partial charge is 0.345 e. The van der Waals surface area contributed by atoms with E-state index in [-0.39, 0.29) is 11.4 Å². The van der Waals surface area contributed by atoms with Crippen molar-refractivity contribution in [1.82, 2.24) is 15.2 Å². The monoisotopic (exact) mass is 276 g/mol. The van der Waals surface area contributed by atoms with Crippen LogP contribution in [0.5, 0.6) is 0 Å². The van der Waals surface area contributed by atoms with Crippen LogP contribution < -0.4 is 10.2 Å². The Morgan fingerprint density at radius 1 is 1.35 bits per heavy atom. The van der Waals surface area contributed by atoms with Crippen LogP contribution in [0.3, 0.4) is 0 Å². The van der Waals surface area contributed by atoms with Crippen LogP contribution in [0.15, 0.2) is 18.3 Å². The van der Waals surface area contributed by atoms with Gasteiger partial charge in [0.1, 0.15) is 5.82 Å². The summed E-state index contributed by atoms with van der Waals surface area (Å²) in [6, 6.07) is 4.02. The van der Waals surface area contributed by atoms with E-state index >= 15 is 0 Å². The smallest absolute Gasteiger partial charge is 0.241 e. The molecule has 5 nitrogen and oxygen atoms in total. The lowest BCUT2D eigenvalue weighted by atomic mass is 10.1. The van der Waals surface area contributed by atoms with Crippen LogP contribution in [0.4, 0.5) is 5.82 Å². The van der Waals surface area contributed by atoms with Crippen LogP contribution in [0.1, 0.15) is 26.3 Å². The molecule has 2 rings (SSSR count). The summed E-state index contributed by atoms with van der Waals surface area (Å²) < 4.78 is 0. The van der Waals surface area contributed by atoms with Crippen molar-refractivity contribution in [2.45, 2.75) is 32.9 Å². The summed E-state index contributed by atoms with van der Waals surface area (Å²) in [6.07, 6.45) is 1.79. The standard InChI is InChI=1S/C15H24N4O/c1-15(2,3)17-10-12-6-5-7-16-14(12)19-9-8-18(4)13(20)11-19/h5-7,17H,8-11H2,1-4H3. The summed E-state index contributed by atoms with van der Waals surface area (Å²) in [5, 5.41) is 3.48. The lowest BCUT2D eigenvalue weighted by Gasteiger charge is -2.34. The number of anilines is 1. The Bertz CT molecular complexity index is 481. The predicted octanol–water partition coefficient (Wildman–Crippen LogP) is 1.25. The molecule has 0 aliphatic carbocycles. The molecule has 1 fully saturated rings. The number of carbonyl (C=O) groups excluding carboxylic acids is 1. The van der Waals surface area contributed by atoms with Gasteiger partial charge in [0.05, 0.1) is 6.54 Å². The summed E-state index contributed by atoms with van der Waals surface area (Å²) in [5.74, 6) is 1.07. The van der Waals surface area contributed by atoms with Gasteiger partial charge in [0.15, 0.2) is 0 Å². The maximum atomic E-state index is 11.8. The minimum Gasteiger partial charge on any atom is -0.345 e. The number of amides is 1. The predicted molar refractivity (Wildman–Crippen MR) is 80.7 cm³/mol. The van der Waals surface area contributed by atoms with Crippen LogP contribution in [0.25, 0.3) is 0 Å². The molecule has 1 aromatic rings. The zero-order valence-electron chi connectivity index (χ0n) is 12.8. The molecule has 0 aromatic carbocycles. The summed E-state index contributed by atoms with van der Waals surface area (Å²) in [7, 11) is 1.85. The molecule has 1 aliphatic rings. The van der Waals surface area contributed by atoms with Crippen LogP contribution in [0, 0.1) is 0 Å². The van der Waals surface area contributed by atoms with Gasteiger partial charge in [-0.05, 0) is 26.8 Å². The Morgan fingerprint density at radius 3 is 2.75 bits per heavy atom. The maximum Gasteiger partial charge on any atom is 0.241 e. The molecule has 1 saturated heterocycles. The Kier molecular flexibility index (Phi) is 4.28. The third kappa shape index (κ3) is 3.70. The Labute approximate surface area is 121 Å². The first-order valence-electron chi connectivity index (χ1n) is 7.05. The molecule has 1 aliphatic heterocycles. The van der Waals surface area contributed by atoms with Gasteiger partial charge in [-0.2, -0.15) is 0 Å². The number of hydrogen-bond donors (Lipinski definition) is 1. The number of aromatic nitrogens is 1. The molecule has 5 heteroatoms. The van der Waals surface area contributed by atoms with Gasteiger partial charge in [0.25, 0.3) is 0 Å². The number of nitrogens with zero attached hydrogens (tertiary/aromatic N) is 3. The van der Waals surface area contributed by atoms with E-state index in [9.17, 15) is 4.79 Å². The van der Waals surface area contributed by atoms with E-state index in [1.54, 1.807) is 11.1 Å². The highest BCUT2D eigenvalue weighted by Gasteiger charge is 2.23. The molecule has 1 amide bonds. The van der Waals surface area contributed by atoms with Crippen molar-refractivity contribution in [3.63, 3.8) is 0 Å². The van der Waals surface area contributed by atoms with E-state index in [4.69, 9.17) is 0 Å². The van der Waals surface area contributed by atoms with Gasteiger partial charge >= 0.3 is 0 Å². The topological polar surface area (TPSA) is 48.5 Å². The minimum atomic E-state index is 0.0606. The summed E-state index contributed by atoms with van der Waals surface area (Å²) in [5.41, 5.74) is 1.20. The molecule has 1 N–H and O–H groups in total. The van der Waals surface area contributed by atoms with Gasteiger partial charge in [0.2, 0.25) is 5.91 Å². The quantitative estimate of drug-likeness (QED) is 0.902. The molecule has 0 spiro atoms. The maximum absolute atomic E-state index is 11.8. The fourth-order valence-electron chi connectivity index (χ4n) is 2.15. The average Bonchev–Trinajstić information content (AvgIpc) is 2.39. The summed E-state index contributed by atoms with van der Waals surface area (Å²) in [6.45, 7) is 9.18. The normalized spacial score (nSPS) is 16.7. The van der Waals surface area contributed by atoms with Gasteiger partial charge in [-0.1, -0.05) is 6.07 Å². The van der Waals surface area contributed by atoms with E-state index in [0.29, 0.717) is 6.54 Å². The molecule has 0 bridgehead atoms. The first-order chi connectivity index (χ1) is 9.37. The molecular formula is C15H24N4O. The van der Waals surface area contributed by atoms with E-state index in [1.165, 1.54) is 0 Å². The third-order valence-corrected chi connectivity index (χ3v) is 3.43. The molecule has 0 radical (unpaired) electrons. The van der Waals surface area contributed by atoms with Crippen molar-refractivity contribution in [2.75, 3.05) is 31.6 Å². The second kappa shape index (κ2) is 5.79. The molecular weight excluding hydrogens is 252 g/mol. The van der Waals surface area contributed by atoms with Crippen molar-refractivity contribution in [1.29, 1.82) is 0 Å². The van der Waals surface area contributed by atoms with Crippen LogP contribution >= 0.6 is 0 Å². The van der Waals surface area contributed by atoms with Crippen molar-refractivity contribution < 1.29 is 4.79 Å². The number of likely N-dealkylation sites (N-methyl/N-ethyl adjacent to an activating group) is 1. The molecule has 2 heterocycles. The minimum absolute atomic E-state index is 0.0606. The number of pyridine rings is 1. The number of rotatable bonds is 3. The Morgan fingerprint density at radius 2 is 2.10 bits per heavy atom. The van der Waals surface area contributed by atoms with Gasteiger partial charge in [-0.3, -0.25) is 4.79 Å². The fourth-order valence-corrected chi connectivity index (χ4v) is 2.15. The van der Waals surface area contributed by atoms with Crippen molar-refractivity contribution >= 4 is 11.7 Å². The zero-order chi connectivity index (χ0) is 14.8.